The number of nitrogens with one attached hydrogen (secondary N) is 1. The van der Waals surface area contributed by atoms with Crippen LogP contribution in [0.1, 0.15) is 296 Å². The number of aliphatic hydroxyl groups excluding tert-OH is 2. The smallest absolute Gasteiger partial charge is 0.305 e. The average molecular weight is 901 g/mol. The lowest BCUT2D eigenvalue weighted by atomic mass is 10.0. The molecule has 0 fully saturated rings. The predicted molar refractivity (Wildman–Crippen MR) is 278 cm³/mol. The Hall–Kier alpha value is -1.92. The molecule has 0 aliphatic carbocycles. The zero-order valence-corrected chi connectivity index (χ0v) is 42.8. The number of allylic oxidation sites excluding steroid dienone is 6. The summed E-state index contributed by atoms with van der Waals surface area (Å²) >= 11 is 0. The van der Waals surface area contributed by atoms with Gasteiger partial charge in [-0.2, -0.15) is 0 Å². The van der Waals surface area contributed by atoms with Gasteiger partial charge in [0.1, 0.15) is 0 Å². The molecule has 3 N–H and O–H groups in total. The second kappa shape index (κ2) is 53.7. The van der Waals surface area contributed by atoms with Crippen molar-refractivity contribution in [3.8, 4) is 0 Å². The number of carbonyl (C=O) groups is 2. The van der Waals surface area contributed by atoms with Crippen LogP contribution in [0.15, 0.2) is 36.5 Å². The van der Waals surface area contributed by atoms with Gasteiger partial charge in [0.25, 0.3) is 0 Å². The highest BCUT2D eigenvalue weighted by Gasteiger charge is 2.20. The van der Waals surface area contributed by atoms with Gasteiger partial charge in [-0.3, -0.25) is 9.59 Å². The molecule has 2 unspecified atom stereocenters. The van der Waals surface area contributed by atoms with Crippen LogP contribution in [0.5, 0.6) is 0 Å². The summed E-state index contributed by atoms with van der Waals surface area (Å²) < 4.78 is 5.46. The number of unbranched alkanes of at least 4 members (excludes halogenated alkanes) is 35. The Morgan fingerprint density at radius 3 is 1.27 bits per heavy atom. The van der Waals surface area contributed by atoms with Crippen LogP contribution in [0.25, 0.3) is 0 Å². The van der Waals surface area contributed by atoms with Gasteiger partial charge in [-0.25, -0.2) is 0 Å². The van der Waals surface area contributed by atoms with E-state index in [4.69, 9.17) is 4.74 Å². The molecule has 6 nitrogen and oxygen atoms in total. The van der Waals surface area contributed by atoms with Gasteiger partial charge in [-0.05, 0) is 77.0 Å². The summed E-state index contributed by atoms with van der Waals surface area (Å²) in [5.74, 6) is -0.0486. The van der Waals surface area contributed by atoms with E-state index in [9.17, 15) is 19.8 Å². The molecule has 0 radical (unpaired) electrons. The molecule has 1 amide bonds. The molecular weight excluding hydrogens is 791 g/mol. The van der Waals surface area contributed by atoms with Crippen LogP contribution >= 0.6 is 0 Å². The summed E-state index contributed by atoms with van der Waals surface area (Å²) in [6, 6.07) is -0.546. The molecule has 0 spiro atoms. The molecule has 0 aliphatic rings. The lowest BCUT2D eigenvalue weighted by Crippen LogP contribution is -2.45. The fraction of sp³-hybridized carbons (Fsp3) is 0.862. The zero-order chi connectivity index (χ0) is 46.5. The molecule has 0 aromatic carbocycles. The van der Waals surface area contributed by atoms with Gasteiger partial charge < -0.3 is 20.3 Å². The SMILES string of the molecule is CCC/C=C\C/C=C\CCCCCCCC(=O)OCCCCCCCCCCCCC/C=C\CCCCCCCCCC(=O)NC(CO)C(O)CCCCCCCCCCCCCC. The Morgan fingerprint density at radius 1 is 0.438 bits per heavy atom. The number of hydrogen-bond acceptors (Lipinski definition) is 5. The van der Waals surface area contributed by atoms with E-state index in [2.05, 4.69) is 55.6 Å². The van der Waals surface area contributed by atoms with Gasteiger partial charge in [0.2, 0.25) is 5.91 Å². The second-order valence-electron chi connectivity index (χ2n) is 19.3. The van der Waals surface area contributed by atoms with Crippen molar-refractivity contribution in [2.75, 3.05) is 13.2 Å². The van der Waals surface area contributed by atoms with Crippen LogP contribution in [0.3, 0.4) is 0 Å². The van der Waals surface area contributed by atoms with E-state index in [1.807, 2.05) is 0 Å². The molecule has 0 heterocycles. The number of carbonyl (C=O) groups excluding carboxylic acids is 2. The standard InChI is InChI=1S/C58H109NO5/c1-3-5-7-9-11-13-15-27-32-36-40-44-48-52-58(63)64-53-49-45-41-37-33-29-26-24-22-20-18-17-19-21-23-25-28-31-35-39-43-47-51-57(62)59-55(54-60)56(61)50-46-42-38-34-30-16-14-12-10-8-6-4-2/h7,9,13,15,19,21,55-56,60-61H,3-6,8,10-12,14,16-18,20,22-54H2,1-2H3,(H,59,62)/b9-7-,15-13-,21-19-. The maximum Gasteiger partial charge on any atom is 0.305 e. The van der Waals surface area contributed by atoms with E-state index in [1.165, 1.54) is 212 Å². The molecule has 0 aromatic rings. The van der Waals surface area contributed by atoms with E-state index in [1.54, 1.807) is 0 Å². The maximum atomic E-state index is 12.4. The fourth-order valence-electron chi connectivity index (χ4n) is 8.55. The Bertz CT molecular complexity index is 1040. The van der Waals surface area contributed by atoms with Gasteiger partial charge in [0, 0.05) is 12.8 Å². The first-order valence-corrected chi connectivity index (χ1v) is 28.2. The molecule has 64 heavy (non-hydrogen) atoms. The third-order valence-corrected chi connectivity index (χ3v) is 12.9. The Labute approximate surface area is 398 Å². The molecular formula is C58H109NO5. The van der Waals surface area contributed by atoms with Crippen LogP contribution in [-0.4, -0.2) is 47.4 Å². The Kier molecular flexibility index (Phi) is 52.1. The normalized spacial score (nSPS) is 12.9. The molecule has 6 heteroatoms. The van der Waals surface area contributed by atoms with E-state index in [0.717, 1.165) is 51.4 Å². The summed E-state index contributed by atoms with van der Waals surface area (Å²) in [7, 11) is 0. The molecule has 0 aliphatic heterocycles. The minimum absolute atomic E-state index is 0.00579. The van der Waals surface area contributed by atoms with Crippen LogP contribution in [-0.2, 0) is 14.3 Å². The highest BCUT2D eigenvalue weighted by atomic mass is 16.5. The lowest BCUT2D eigenvalue weighted by molar-refractivity contribution is -0.143. The monoisotopic (exact) mass is 900 g/mol. The van der Waals surface area contributed by atoms with Gasteiger partial charge >= 0.3 is 5.97 Å². The van der Waals surface area contributed by atoms with Gasteiger partial charge in [-0.1, -0.05) is 243 Å². The van der Waals surface area contributed by atoms with Crippen molar-refractivity contribution in [1.82, 2.24) is 5.32 Å². The molecule has 376 valence electrons. The number of aliphatic hydroxyl groups is 2. The van der Waals surface area contributed by atoms with Crippen molar-refractivity contribution >= 4 is 11.9 Å². The van der Waals surface area contributed by atoms with Crippen molar-refractivity contribution in [1.29, 1.82) is 0 Å². The first-order chi connectivity index (χ1) is 31.5. The van der Waals surface area contributed by atoms with Gasteiger partial charge in [0.05, 0.1) is 25.4 Å². The second-order valence-corrected chi connectivity index (χ2v) is 19.3. The summed E-state index contributed by atoms with van der Waals surface area (Å²) in [4.78, 5) is 24.4. The maximum absolute atomic E-state index is 12.4. The molecule has 2 atom stereocenters. The van der Waals surface area contributed by atoms with Crippen molar-refractivity contribution in [2.45, 2.75) is 309 Å². The Morgan fingerprint density at radius 2 is 0.812 bits per heavy atom. The molecule has 0 saturated carbocycles. The van der Waals surface area contributed by atoms with Crippen molar-refractivity contribution in [2.24, 2.45) is 0 Å². The van der Waals surface area contributed by atoms with Crippen molar-refractivity contribution in [3.63, 3.8) is 0 Å². The van der Waals surface area contributed by atoms with Crippen molar-refractivity contribution in [3.05, 3.63) is 36.5 Å². The number of rotatable bonds is 52. The number of hydrogen-bond donors (Lipinski definition) is 3. The van der Waals surface area contributed by atoms with Crippen LogP contribution in [0.2, 0.25) is 0 Å². The Balaban J connectivity index is 3.42. The highest BCUT2D eigenvalue weighted by Crippen LogP contribution is 2.16. The summed E-state index contributed by atoms with van der Waals surface area (Å²) in [6.45, 7) is 4.87. The third-order valence-electron chi connectivity index (χ3n) is 12.9. The van der Waals surface area contributed by atoms with Crippen LogP contribution in [0, 0.1) is 0 Å². The predicted octanol–water partition coefficient (Wildman–Crippen LogP) is 17.2. The summed E-state index contributed by atoms with van der Waals surface area (Å²) in [5.41, 5.74) is 0. The highest BCUT2D eigenvalue weighted by molar-refractivity contribution is 5.76. The van der Waals surface area contributed by atoms with Crippen LogP contribution < -0.4 is 5.32 Å². The van der Waals surface area contributed by atoms with E-state index >= 15 is 0 Å². The van der Waals surface area contributed by atoms with Crippen LogP contribution in [0.4, 0.5) is 0 Å². The first-order valence-electron chi connectivity index (χ1n) is 28.2. The third kappa shape index (κ3) is 49.5. The molecule has 0 bridgehead atoms. The number of ether oxygens (including phenoxy) is 1. The van der Waals surface area contributed by atoms with E-state index in [0.29, 0.717) is 25.9 Å². The largest absolute Gasteiger partial charge is 0.466 e. The number of amides is 1. The molecule has 0 aromatic heterocycles. The quantitative estimate of drug-likeness (QED) is 0.0321. The van der Waals surface area contributed by atoms with Gasteiger partial charge in [-0.15, -0.1) is 0 Å². The zero-order valence-electron chi connectivity index (χ0n) is 42.8. The average Bonchev–Trinajstić information content (AvgIpc) is 3.29. The minimum atomic E-state index is -0.668. The lowest BCUT2D eigenvalue weighted by Gasteiger charge is -2.22. The fourth-order valence-corrected chi connectivity index (χ4v) is 8.55. The van der Waals surface area contributed by atoms with E-state index in [-0.39, 0.29) is 18.5 Å². The van der Waals surface area contributed by atoms with Crippen molar-refractivity contribution < 1.29 is 24.5 Å². The van der Waals surface area contributed by atoms with E-state index < -0.39 is 12.1 Å². The first kappa shape index (κ1) is 62.1. The molecule has 0 saturated heterocycles. The topological polar surface area (TPSA) is 95.9 Å². The summed E-state index contributed by atoms with van der Waals surface area (Å²) in [5, 5.41) is 23.2. The minimum Gasteiger partial charge on any atom is -0.466 e. The number of esters is 1. The van der Waals surface area contributed by atoms with Gasteiger partial charge in [0.15, 0.2) is 0 Å². The summed E-state index contributed by atoms with van der Waals surface area (Å²) in [6.07, 6.45) is 65.6. The molecule has 0 rings (SSSR count).